The van der Waals surface area contributed by atoms with Crippen LogP contribution in [0.3, 0.4) is 0 Å². The van der Waals surface area contributed by atoms with Crippen molar-refractivity contribution in [1.82, 2.24) is 14.5 Å². The van der Waals surface area contributed by atoms with Crippen LogP contribution in [0.4, 0.5) is 0 Å². The Morgan fingerprint density at radius 1 is 1.15 bits per heavy atom. The maximum absolute atomic E-state index is 11.3. The van der Waals surface area contributed by atoms with E-state index in [1.54, 1.807) is 32.4 Å². The van der Waals surface area contributed by atoms with Crippen LogP contribution in [0.2, 0.25) is 0 Å². The van der Waals surface area contributed by atoms with Crippen molar-refractivity contribution in [2.75, 3.05) is 28.3 Å². The molecule has 1 N–H and O–H groups in total. The van der Waals surface area contributed by atoms with Crippen LogP contribution in [0.5, 0.6) is 11.5 Å². The molecule has 0 saturated carbocycles. The quantitative estimate of drug-likeness (QED) is 0.690. The van der Waals surface area contributed by atoms with Crippen LogP contribution in [0, 0.1) is 0 Å². The first-order chi connectivity index (χ1) is 12.9. The number of carboxylic acids is 1. The van der Waals surface area contributed by atoms with Crippen molar-refractivity contribution in [3.05, 3.63) is 53.3 Å². The molecule has 0 fully saturated rings. The molecule has 2 aromatic carbocycles. The van der Waals surface area contributed by atoms with Gasteiger partial charge in [-0.1, -0.05) is 12.1 Å². The number of fused-ring (bicyclic) bond motifs is 1. The molecule has 0 saturated heterocycles. The minimum Gasteiger partial charge on any atom is -0.493 e. The average molecular weight is 369 g/mol. The summed E-state index contributed by atoms with van der Waals surface area (Å²) in [7, 11) is 7.16. The van der Waals surface area contributed by atoms with Gasteiger partial charge in [0, 0.05) is 18.7 Å². The molecule has 0 bridgehead atoms. The normalized spacial score (nSPS) is 11.1. The van der Waals surface area contributed by atoms with E-state index in [-0.39, 0.29) is 5.56 Å². The van der Waals surface area contributed by atoms with Crippen molar-refractivity contribution < 1.29 is 19.4 Å². The number of ether oxygens (including phenoxy) is 2. The third-order valence-corrected chi connectivity index (χ3v) is 4.30. The van der Waals surface area contributed by atoms with E-state index in [9.17, 15) is 9.90 Å². The molecule has 0 radical (unpaired) electrons. The zero-order valence-electron chi connectivity index (χ0n) is 15.9. The molecular formula is C20H23N3O4. The van der Waals surface area contributed by atoms with Crippen LogP contribution in [0.1, 0.15) is 21.7 Å². The smallest absolute Gasteiger partial charge is 0.335 e. The first kappa shape index (κ1) is 18.7. The average Bonchev–Trinajstić information content (AvgIpc) is 2.96. The van der Waals surface area contributed by atoms with Gasteiger partial charge in [-0.3, -0.25) is 0 Å². The number of hydrogen-bond acceptors (Lipinski definition) is 5. The molecule has 7 nitrogen and oxygen atoms in total. The Labute approximate surface area is 157 Å². The highest BCUT2D eigenvalue weighted by molar-refractivity contribution is 5.87. The van der Waals surface area contributed by atoms with Crippen LogP contribution in [0.25, 0.3) is 11.0 Å². The van der Waals surface area contributed by atoms with E-state index in [2.05, 4.69) is 4.57 Å². The van der Waals surface area contributed by atoms with Crippen molar-refractivity contribution in [2.45, 2.75) is 13.1 Å². The van der Waals surface area contributed by atoms with Gasteiger partial charge >= 0.3 is 5.97 Å². The van der Waals surface area contributed by atoms with Crippen molar-refractivity contribution in [1.29, 1.82) is 0 Å². The Balaban J connectivity index is 2.13. The van der Waals surface area contributed by atoms with E-state index in [0.29, 0.717) is 24.6 Å². The maximum Gasteiger partial charge on any atom is 0.335 e. The lowest BCUT2D eigenvalue weighted by molar-refractivity contribution is 0.0696. The number of benzene rings is 2. The molecule has 3 aromatic rings. The summed E-state index contributed by atoms with van der Waals surface area (Å²) in [6.45, 7) is 1.16. The van der Waals surface area contributed by atoms with E-state index in [1.165, 1.54) is 0 Å². The van der Waals surface area contributed by atoms with Crippen molar-refractivity contribution in [2.24, 2.45) is 0 Å². The van der Waals surface area contributed by atoms with Crippen LogP contribution < -0.4 is 9.47 Å². The molecule has 0 aliphatic heterocycles. The number of imidazole rings is 1. The number of rotatable bonds is 7. The molecule has 1 heterocycles. The van der Waals surface area contributed by atoms with Gasteiger partial charge in [-0.25, -0.2) is 9.78 Å². The summed E-state index contributed by atoms with van der Waals surface area (Å²) in [6, 6.07) is 10.7. The Hall–Kier alpha value is -3.06. The van der Waals surface area contributed by atoms with E-state index in [0.717, 1.165) is 22.4 Å². The minimum atomic E-state index is -0.938. The zero-order valence-corrected chi connectivity index (χ0v) is 15.9. The number of aromatic carboxylic acids is 1. The molecule has 0 amide bonds. The predicted octanol–water partition coefficient (Wildman–Crippen LogP) is 2.86. The van der Waals surface area contributed by atoms with E-state index < -0.39 is 5.97 Å². The van der Waals surface area contributed by atoms with Crippen molar-refractivity contribution in [3.8, 4) is 11.5 Å². The van der Waals surface area contributed by atoms with Crippen LogP contribution in [0.15, 0.2) is 36.4 Å². The summed E-state index contributed by atoms with van der Waals surface area (Å²) >= 11 is 0. The summed E-state index contributed by atoms with van der Waals surface area (Å²) in [5.41, 5.74) is 2.87. The molecule has 3 rings (SSSR count). The first-order valence-electron chi connectivity index (χ1n) is 8.51. The summed E-state index contributed by atoms with van der Waals surface area (Å²) < 4.78 is 12.9. The van der Waals surface area contributed by atoms with Gasteiger partial charge in [0.25, 0.3) is 0 Å². The third-order valence-electron chi connectivity index (χ3n) is 4.30. The number of carbonyl (C=O) groups is 1. The number of aromatic nitrogens is 2. The number of nitrogens with zero attached hydrogens (tertiary/aromatic N) is 3. The van der Waals surface area contributed by atoms with Gasteiger partial charge in [0.15, 0.2) is 11.5 Å². The fourth-order valence-corrected chi connectivity index (χ4v) is 3.07. The summed E-state index contributed by atoms with van der Waals surface area (Å²) in [5.74, 6) is 1.19. The van der Waals surface area contributed by atoms with Gasteiger partial charge in [0.1, 0.15) is 5.82 Å². The standard InChI is InChI=1S/C20H23N3O4/c1-22(2)12-19-21-15-9-17(26-3)18(27-4)10-16(15)23(19)11-13-6-5-7-14(8-13)20(24)25/h5-10H,11-12H2,1-4H3,(H,24,25). The van der Waals surface area contributed by atoms with E-state index >= 15 is 0 Å². The fourth-order valence-electron chi connectivity index (χ4n) is 3.07. The second kappa shape index (κ2) is 7.67. The highest BCUT2D eigenvalue weighted by Gasteiger charge is 2.16. The molecule has 0 atom stereocenters. The van der Waals surface area contributed by atoms with Crippen molar-refractivity contribution >= 4 is 17.0 Å². The van der Waals surface area contributed by atoms with Gasteiger partial charge in [-0.15, -0.1) is 0 Å². The van der Waals surface area contributed by atoms with Gasteiger partial charge in [-0.2, -0.15) is 0 Å². The minimum absolute atomic E-state index is 0.269. The number of hydrogen-bond donors (Lipinski definition) is 1. The van der Waals surface area contributed by atoms with Gasteiger partial charge in [-0.05, 0) is 31.8 Å². The second-order valence-electron chi connectivity index (χ2n) is 6.55. The zero-order chi connectivity index (χ0) is 19.6. The second-order valence-corrected chi connectivity index (χ2v) is 6.55. The van der Waals surface area contributed by atoms with Gasteiger partial charge in [0.05, 0.1) is 37.4 Å². The van der Waals surface area contributed by atoms with Gasteiger partial charge < -0.3 is 24.0 Å². The van der Waals surface area contributed by atoms with E-state index in [4.69, 9.17) is 14.5 Å². The Kier molecular flexibility index (Phi) is 5.32. The SMILES string of the molecule is COc1cc2nc(CN(C)C)n(Cc3cccc(C(=O)O)c3)c2cc1OC. The van der Waals surface area contributed by atoms with Crippen molar-refractivity contribution in [3.63, 3.8) is 0 Å². The van der Waals surface area contributed by atoms with Crippen LogP contribution >= 0.6 is 0 Å². The summed E-state index contributed by atoms with van der Waals surface area (Å²) in [4.78, 5) is 18.1. The topological polar surface area (TPSA) is 76.8 Å². The number of methoxy groups -OCH3 is 2. The molecule has 142 valence electrons. The van der Waals surface area contributed by atoms with Gasteiger partial charge in [0.2, 0.25) is 0 Å². The molecule has 0 aliphatic carbocycles. The lowest BCUT2D eigenvalue weighted by atomic mass is 10.1. The molecular weight excluding hydrogens is 346 g/mol. The fraction of sp³-hybridized carbons (Fsp3) is 0.300. The highest BCUT2D eigenvalue weighted by atomic mass is 16.5. The molecule has 7 heteroatoms. The molecule has 0 aliphatic rings. The molecule has 0 spiro atoms. The Morgan fingerprint density at radius 3 is 2.48 bits per heavy atom. The maximum atomic E-state index is 11.3. The monoisotopic (exact) mass is 369 g/mol. The Morgan fingerprint density at radius 2 is 1.85 bits per heavy atom. The molecule has 0 unspecified atom stereocenters. The largest absolute Gasteiger partial charge is 0.493 e. The summed E-state index contributed by atoms with van der Waals surface area (Å²) in [6.07, 6.45) is 0. The number of carboxylic acid groups (broad SMARTS) is 1. The predicted molar refractivity (Wildman–Crippen MR) is 103 cm³/mol. The first-order valence-corrected chi connectivity index (χ1v) is 8.51. The Bertz CT molecular complexity index is 979. The summed E-state index contributed by atoms with van der Waals surface area (Å²) in [5, 5.41) is 9.25. The van der Waals surface area contributed by atoms with E-state index in [1.807, 2.05) is 37.2 Å². The highest BCUT2D eigenvalue weighted by Crippen LogP contribution is 2.33. The lowest BCUT2D eigenvalue weighted by Gasteiger charge is -2.14. The van der Waals surface area contributed by atoms with Crippen LogP contribution in [-0.2, 0) is 13.1 Å². The van der Waals surface area contributed by atoms with Crippen LogP contribution in [-0.4, -0.2) is 53.8 Å². The lowest BCUT2D eigenvalue weighted by Crippen LogP contribution is -2.16. The molecule has 1 aromatic heterocycles. The third kappa shape index (κ3) is 3.88. The molecule has 27 heavy (non-hydrogen) atoms.